The topological polar surface area (TPSA) is 54.3 Å². The summed E-state index contributed by atoms with van der Waals surface area (Å²) in [6.45, 7) is 0.654. The molecule has 0 aromatic heterocycles. The Morgan fingerprint density at radius 2 is 2.00 bits per heavy atom. The molecule has 0 aliphatic rings. The van der Waals surface area contributed by atoms with Gasteiger partial charge in [-0.05, 0) is 37.4 Å². The highest BCUT2D eigenvalue weighted by Crippen LogP contribution is 2.31. The average Bonchev–Trinajstić information content (AvgIpc) is 2.48. The number of hydrogen-bond donors (Lipinski definition) is 1. The highest BCUT2D eigenvalue weighted by atomic mass is 35.5. The van der Waals surface area contributed by atoms with E-state index in [-0.39, 0.29) is 0 Å². The van der Waals surface area contributed by atoms with Gasteiger partial charge in [-0.25, -0.2) is 0 Å². The van der Waals surface area contributed by atoms with Crippen LogP contribution in [-0.4, -0.2) is 14.2 Å². The maximum atomic E-state index is 9.11. The highest BCUT2D eigenvalue weighted by Gasteiger charge is 2.09. The summed E-state index contributed by atoms with van der Waals surface area (Å²) in [6.07, 6.45) is 0. The minimum absolute atomic E-state index is 0.436. The largest absolute Gasteiger partial charge is 0.496 e. The molecule has 0 radical (unpaired) electrons. The molecule has 0 atom stereocenters. The van der Waals surface area contributed by atoms with E-state index in [0.29, 0.717) is 28.6 Å². The molecule has 2 aromatic rings. The molecular formula is C16H15ClN2O2. The zero-order valence-electron chi connectivity index (χ0n) is 11.8. The molecule has 0 heterocycles. The minimum Gasteiger partial charge on any atom is -0.496 e. The summed E-state index contributed by atoms with van der Waals surface area (Å²) < 4.78 is 11.1. The fourth-order valence-electron chi connectivity index (χ4n) is 1.95. The van der Waals surface area contributed by atoms with Crippen molar-refractivity contribution < 1.29 is 9.47 Å². The van der Waals surface area contributed by atoms with Crippen molar-refractivity contribution >= 4 is 11.6 Å². The zero-order chi connectivity index (χ0) is 15.2. The number of methoxy groups -OCH3 is 1. The fourth-order valence-corrected chi connectivity index (χ4v) is 2.11. The number of rotatable bonds is 5. The second kappa shape index (κ2) is 6.98. The molecule has 2 rings (SSSR count). The number of halogens is 1. The lowest BCUT2D eigenvalue weighted by atomic mass is 10.2. The molecule has 0 bridgehead atoms. The molecule has 21 heavy (non-hydrogen) atoms. The van der Waals surface area contributed by atoms with Crippen LogP contribution in [0.15, 0.2) is 36.4 Å². The van der Waals surface area contributed by atoms with Gasteiger partial charge in [-0.15, -0.1) is 0 Å². The first-order valence-corrected chi connectivity index (χ1v) is 6.74. The van der Waals surface area contributed by atoms with E-state index in [1.54, 1.807) is 31.4 Å². The summed E-state index contributed by atoms with van der Waals surface area (Å²) in [4.78, 5) is 0. The minimum atomic E-state index is 0.436. The first-order valence-electron chi connectivity index (χ1n) is 6.37. The summed E-state index contributed by atoms with van der Waals surface area (Å²) in [5.41, 5.74) is 1.41. The molecule has 108 valence electrons. The lowest BCUT2D eigenvalue weighted by molar-refractivity contribution is 0.406. The summed E-state index contributed by atoms with van der Waals surface area (Å²) in [5.74, 6) is 1.84. The van der Waals surface area contributed by atoms with Crippen molar-refractivity contribution in [1.82, 2.24) is 5.32 Å². The Kier molecular flexibility index (Phi) is 5.04. The van der Waals surface area contributed by atoms with Crippen molar-refractivity contribution in [2.45, 2.75) is 6.54 Å². The van der Waals surface area contributed by atoms with Gasteiger partial charge in [-0.3, -0.25) is 0 Å². The van der Waals surface area contributed by atoms with Gasteiger partial charge in [0.1, 0.15) is 23.3 Å². The van der Waals surface area contributed by atoms with Gasteiger partial charge in [-0.2, -0.15) is 5.26 Å². The fraction of sp³-hybridized carbons (Fsp3) is 0.188. The van der Waals surface area contributed by atoms with Crippen molar-refractivity contribution in [1.29, 1.82) is 5.26 Å². The van der Waals surface area contributed by atoms with E-state index in [4.69, 9.17) is 26.3 Å². The molecule has 1 N–H and O–H groups in total. The molecule has 0 saturated carbocycles. The van der Waals surface area contributed by atoms with Crippen molar-refractivity contribution in [3.8, 4) is 23.3 Å². The third-order valence-electron chi connectivity index (χ3n) is 2.91. The Morgan fingerprint density at radius 3 is 2.67 bits per heavy atom. The Labute approximate surface area is 128 Å². The Morgan fingerprint density at radius 1 is 1.19 bits per heavy atom. The summed E-state index contributed by atoms with van der Waals surface area (Å²) >= 11 is 5.95. The van der Waals surface area contributed by atoms with Crippen LogP contribution in [0.3, 0.4) is 0 Å². The van der Waals surface area contributed by atoms with E-state index in [0.717, 1.165) is 11.3 Å². The third-order valence-corrected chi connectivity index (χ3v) is 3.15. The van der Waals surface area contributed by atoms with E-state index in [2.05, 4.69) is 11.4 Å². The van der Waals surface area contributed by atoms with E-state index in [1.165, 1.54) is 0 Å². The number of nitrogens with one attached hydrogen (secondary N) is 1. The number of nitrogens with zero attached hydrogens (tertiary/aromatic N) is 1. The van der Waals surface area contributed by atoms with Gasteiger partial charge in [0.25, 0.3) is 0 Å². The maximum absolute atomic E-state index is 9.11. The van der Waals surface area contributed by atoms with Gasteiger partial charge in [0, 0.05) is 23.2 Å². The summed E-state index contributed by atoms with van der Waals surface area (Å²) in [6, 6.07) is 12.5. The zero-order valence-corrected chi connectivity index (χ0v) is 12.6. The first kappa shape index (κ1) is 15.2. The number of hydrogen-bond acceptors (Lipinski definition) is 4. The van der Waals surface area contributed by atoms with E-state index in [9.17, 15) is 0 Å². The van der Waals surface area contributed by atoms with Crippen LogP contribution in [0.25, 0.3) is 0 Å². The number of nitriles is 1. The molecule has 0 amide bonds. The smallest absolute Gasteiger partial charge is 0.146 e. The second-order valence-electron chi connectivity index (χ2n) is 4.36. The lowest BCUT2D eigenvalue weighted by Crippen LogP contribution is -2.06. The molecule has 0 unspecified atom stereocenters. The van der Waals surface area contributed by atoms with Crippen LogP contribution < -0.4 is 14.8 Å². The van der Waals surface area contributed by atoms with Gasteiger partial charge in [0.2, 0.25) is 0 Å². The quantitative estimate of drug-likeness (QED) is 0.914. The molecule has 0 fully saturated rings. The molecular weight excluding hydrogens is 288 g/mol. The van der Waals surface area contributed by atoms with Crippen LogP contribution in [0.2, 0.25) is 5.02 Å². The third kappa shape index (κ3) is 3.66. The van der Waals surface area contributed by atoms with E-state index in [1.807, 2.05) is 19.2 Å². The van der Waals surface area contributed by atoms with Crippen LogP contribution in [0.4, 0.5) is 0 Å². The maximum Gasteiger partial charge on any atom is 0.146 e. The van der Waals surface area contributed by atoms with Crippen LogP contribution >= 0.6 is 11.6 Å². The molecule has 5 heteroatoms. The van der Waals surface area contributed by atoms with Crippen molar-refractivity contribution in [3.05, 3.63) is 52.5 Å². The highest BCUT2D eigenvalue weighted by molar-refractivity contribution is 6.30. The summed E-state index contributed by atoms with van der Waals surface area (Å²) in [5, 5.41) is 12.7. The van der Waals surface area contributed by atoms with Crippen molar-refractivity contribution in [2.24, 2.45) is 0 Å². The molecule has 2 aromatic carbocycles. The normalized spacial score (nSPS) is 10.0. The van der Waals surface area contributed by atoms with Gasteiger partial charge in [-0.1, -0.05) is 11.6 Å². The van der Waals surface area contributed by atoms with Gasteiger partial charge in [0.15, 0.2) is 0 Å². The SMILES string of the molecule is CNCc1cc(Oc2cc(Cl)ccc2C#N)ccc1OC. The van der Waals surface area contributed by atoms with E-state index >= 15 is 0 Å². The molecule has 0 aliphatic heterocycles. The van der Waals surface area contributed by atoms with E-state index < -0.39 is 0 Å². The van der Waals surface area contributed by atoms with Crippen LogP contribution in [0, 0.1) is 11.3 Å². The van der Waals surface area contributed by atoms with Gasteiger partial charge >= 0.3 is 0 Å². The Hall–Kier alpha value is -2.22. The Balaban J connectivity index is 2.34. The number of ether oxygens (including phenoxy) is 2. The van der Waals surface area contributed by atoms with Crippen LogP contribution in [0.5, 0.6) is 17.2 Å². The van der Waals surface area contributed by atoms with Crippen molar-refractivity contribution in [3.63, 3.8) is 0 Å². The standard InChI is InChI=1S/C16H15ClN2O2/c1-19-10-12-7-14(5-6-15(12)20-2)21-16-8-13(17)4-3-11(16)9-18/h3-8,19H,10H2,1-2H3. The first-order chi connectivity index (χ1) is 10.2. The predicted molar refractivity (Wildman–Crippen MR) is 82.0 cm³/mol. The van der Waals surface area contributed by atoms with Crippen molar-refractivity contribution in [2.75, 3.05) is 14.2 Å². The number of benzene rings is 2. The molecule has 0 aliphatic carbocycles. The van der Waals surface area contributed by atoms with Crippen LogP contribution in [0.1, 0.15) is 11.1 Å². The lowest BCUT2D eigenvalue weighted by Gasteiger charge is -2.12. The van der Waals surface area contributed by atoms with Gasteiger partial charge < -0.3 is 14.8 Å². The average molecular weight is 303 g/mol. The predicted octanol–water partition coefficient (Wildman–Crippen LogP) is 3.73. The Bertz CT molecular complexity index is 680. The van der Waals surface area contributed by atoms with Gasteiger partial charge in [0.05, 0.1) is 12.7 Å². The monoisotopic (exact) mass is 302 g/mol. The van der Waals surface area contributed by atoms with Crippen LogP contribution in [-0.2, 0) is 6.54 Å². The summed E-state index contributed by atoms with van der Waals surface area (Å²) in [7, 11) is 3.48. The second-order valence-corrected chi connectivity index (χ2v) is 4.79. The molecule has 0 saturated heterocycles. The molecule has 0 spiro atoms. The molecule has 4 nitrogen and oxygen atoms in total.